The van der Waals surface area contributed by atoms with E-state index in [1.54, 1.807) is 19.0 Å². The molecule has 1 amide bonds. The van der Waals surface area contributed by atoms with Crippen molar-refractivity contribution < 1.29 is 4.79 Å². The lowest BCUT2D eigenvalue weighted by molar-refractivity contribution is -0.137. The highest BCUT2D eigenvalue weighted by atomic mass is 128. The molecule has 0 atom stereocenters. The summed E-state index contributed by atoms with van der Waals surface area (Å²) < 4.78 is 0. The maximum Gasteiger partial charge on any atom is 0.227 e. The summed E-state index contributed by atoms with van der Waals surface area (Å²) in [5.74, 6) is 0.204. The lowest BCUT2D eigenvalue weighted by Crippen LogP contribution is -2.35. The summed E-state index contributed by atoms with van der Waals surface area (Å²) in [6, 6.07) is 0. The summed E-state index contributed by atoms with van der Waals surface area (Å²) in [5.41, 5.74) is -0.191. The number of rotatable bonds is 2. The minimum Gasteiger partial charge on any atom is -0.348 e. The highest BCUT2D eigenvalue weighted by Gasteiger charge is 2.26. The van der Waals surface area contributed by atoms with Crippen molar-refractivity contribution in [2.45, 2.75) is 42.0 Å². The first-order chi connectivity index (χ1) is 5.41. The molecule has 0 unspecified atom stereocenters. The van der Waals surface area contributed by atoms with Gasteiger partial charge in [-0.05, 0) is 6.42 Å². The normalized spacial score (nSPS) is 8.50. The molecular formula is C10H25I2NO. The lowest BCUT2D eigenvalue weighted by Gasteiger charge is -2.25. The van der Waals surface area contributed by atoms with Crippen molar-refractivity contribution in [1.29, 1.82) is 0 Å². The Morgan fingerprint density at radius 3 is 1.57 bits per heavy atom. The molecule has 0 N–H and O–H groups in total. The van der Waals surface area contributed by atoms with Gasteiger partial charge in [0.25, 0.3) is 0 Å². The summed E-state index contributed by atoms with van der Waals surface area (Å²) in [7, 11) is 3.58. The van der Waals surface area contributed by atoms with E-state index in [0.717, 1.165) is 6.42 Å². The van der Waals surface area contributed by atoms with E-state index in [2.05, 4.69) is 37.2 Å². The maximum absolute atomic E-state index is 11.3. The van der Waals surface area contributed by atoms with Gasteiger partial charge in [-0.1, -0.05) is 35.6 Å². The zero-order chi connectivity index (χ0) is 10.4. The van der Waals surface area contributed by atoms with Crippen LogP contribution in [0, 0.1) is 5.41 Å². The topological polar surface area (TPSA) is 20.3 Å². The number of carbonyl (C=O) groups excluding carboxylic acids is 1. The molecule has 0 aromatic carbocycles. The summed E-state index contributed by atoms with van der Waals surface area (Å²) >= 11 is 4.24. The standard InChI is InChI=1S/C8H17NO.2CH4.I2/c1-6-8(2,3)7(10)9(4)5;;;1-2/h6H2,1-5H3;2*1H4;. The smallest absolute Gasteiger partial charge is 0.227 e. The van der Waals surface area contributed by atoms with Crippen LogP contribution in [0.5, 0.6) is 0 Å². The number of halogens is 2. The first kappa shape index (κ1) is 24.3. The molecule has 90 valence electrons. The fourth-order valence-electron chi connectivity index (χ4n) is 0.757. The molecule has 0 spiro atoms. The fraction of sp³-hybridized carbons (Fsp3) is 0.900. The molecule has 0 heterocycles. The van der Waals surface area contributed by atoms with Crippen molar-refractivity contribution in [2.24, 2.45) is 5.41 Å². The number of carbonyl (C=O) groups is 1. The summed E-state index contributed by atoms with van der Waals surface area (Å²) in [6.45, 7) is 5.96. The predicted molar refractivity (Wildman–Crippen MR) is 84.3 cm³/mol. The van der Waals surface area contributed by atoms with Crippen molar-refractivity contribution in [3.8, 4) is 0 Å². The van der Waals surface area contributed by atoms with Crippen LogP contribution in [0.25, 0.3) is 0 Å². The van der Waals surface area contributed by atoms with Gasteiger partial charge >= 0.3 is 0 Å². The monoisotopic (exact) mass is 429 g/mol. The van der Waals surface area contributed by atoms with Crippen LogP contribution < -0.4 is 0 Å². The van der Waals surface area contributed by atoms with Crippen LogP contribution in [0.1, 0.15) is 42.0 Å². The Morgan fingerprint density at radius 1 is 1.21 bits per heavy atom. The third-order valence-electron chi connectivity index (χ3n) is 1.87. The van der Waals surface area contributed by atoms with Gasteiger partial charge in [0.15, 0.2) is 0 Å². The first-order valence-electron chi connectivity index (χ1n) is 3.78. The van der Waals surface area contributed by atoms with Gasteiger partial charge in [0.2, 0.25) is 5.91 Å². The van der Waals surface area contributed by atoms with E-state index in [1.165, 1.54) is 0 Å². The average Bonchev–Trinajstić information content (AvgIpc) is 2.06. The van der Waals surface area contributed by atoms with E-state index < -0.39 is 0 Å². The Labute approximate surface area is 114 Å². The van der Waals surface area contributed by atoms with E-state index >= 15 is 0 Å². The van der Waals surface area contributed by atoms with Gasteiger partial charge in [-0.2, -0.15) is 0 Å². The quantitative estimate of drug-likeness (QED) is 0.590. The van der Waals surface area contributed by atoms with Crippen molar-refractivity contribution in [1.82, 2.24) is 4.90 Å². The van der Waals surface area contributed by atoms with Crippen LogP contribution in [0.3, 0.4) is 0 Å². The first-order valence-corrected chi connectivity index (χ1v) is 10.1. The molecule has 0 aromatic rings. The molecular weight excluding hydrogens is 404 g/mol. The molecule has 2 nitrogen and oxygen atoms in total. The Bertz CT molecular complexity index is 136. The van der Waals surface area contributed by atoms with E-state index in [-0.39, 0.29) is 26.2 Å². The molecule has 0 saturated heterocycles. The maximum atomic E-state index is 11.3. The molecule has 0 aliphatic carbocycles. The second kappa shape index (κ2) is 12.0. The Morgan fingerprint density at radius 2 is 1.50 bits per heavy atom. The third-order valence-corrected chi connectivity index (χ3v) is 1.87. The van der Waals surface area contributed by atoms with Crippen molar-refractivity contribution >= 4 is 43.1 Å². The molecule has 0 aliphatic rings. The van der Waals surface area contributed by atoms with Crippen LogP contribution >= 0.6 is 37.2 Å². The van der Waals surface area contributed by atoms with E-state index in [9.17, 15) is 4.79 Å². The van der Waals surface area contributed by atoms with Crippen LogP contribution in [-0.2, 0) is 4.79 Å². The third kappa shape index (κ3) is 9.48. The Kier molecular flexibility index (Phi) is 20.8. The molecule has 0 saturated carbocycles. The number of amides is 1. The number of nitrogens with zero attached hydrogens (tertiary/aromatic N) is 1. The molecule has 14 heavy (non-hydrogen) atoms. The SMILES string of the molecule is C.C.CCC(C)(C)C(=O)N(C)C.II. The largest absolute Gasteiger partial charge is 0.348 e. The second-order valence-corrected chi connectivity index (χ2v) is 3.44. The van der Waals surface area contributed by atoms with E-state index in [4.69, 9.17) is 0 Å². The average molecular weight is 429 g/mol. The van der Waals surface area contributed by atoms with Crippen molar-refractivity contribution in [3.05, 3.63) is 0 Å². The summed E-state index contributed by atoms with van der Waals surface area (Å²) in [6.07, 6.45) is 0.893. The summed E-state index contributed by atoms with van der Waals surface area (Å²) in [4.78, 5) is 13.0. The van der Waals surface area contributed by atoms with Crippen LogP contribution in [0.4, 0.5) is 0 Å². The fourth-order valence-corrected chi connectivity index (χ4v) is 0.757. The highest BCUT2D eigenvalue weighted by Crippen LogP contribution is 2.21. The zero-order valence-electron chi connectivity index (χ0n) is 8.32. The van der Waals surface area contributed by atoms with Gasteiger partial charge < -0.3 is 4.90 Å². The predicted octanol–water partition coefficient (Wildman–Crippen LogP) is 4.55. The lowest BCUT2D eigenvalue weighted by atomic mass is 9.89. The van der Waals surface area contributed by atoms with E-state index in [0.29, 0.717) is 0 Å². The molecule has 0 rings (SSSR count). The minimum absolute atomic E-state index is 0. The summed E-state index contributed by atoms with van der Waals surface area (Å²) in [5, 5.41) is 0. The Balaban J connectivity index is -0.000000117. The van der Waals surface area contributed by atoms with Crippen molar-refractivity contribution in [3.63, 3.8) is 0 Å². The van der Waals surface area contributed by atoms with Crippen molar-refractivity contribution in [2.75, 3.05) is 14.1 Å². The highest BCUT2D eigenvalue weighted by molar-refractivity contribution is 15.0. The number of hydrogen-bond acceptors (Lipinski definition) is 1. The molecule has 0 aromatic heterocycles. The van der Waals surface area contributed by atoms with Gasteiger partial charge in [0, 0.05) is 56.7 Å². The zero-order valence-corrected chi connectivity index (χ0v) is 12.6. The van der Waals surface area contributed by atoms with Crippen LogP contribution in [-0.4, -0.2) is 24.9 Å². The van der Waals surface area contributed by atoms with Gasteiger partial charge in [-0.3, -0.25) is 4.79 Å². The van der Waals surface area contributed by atoms with Crippen LogP contribution in [0.2, 0.25) is 0 Å². The number of hydrogen-bond donors (Lipinski definition) is 0. The van der Waals surface area contributed by atoms with Crippen LogP contribution in [0.15, 0.2) is 0 Å². The van der Waals surface area contributed by atoms with Gasteiger partial charge in [0.1, 0.15) is 0 Å². The molecule has 0 fully saturated rings. The molecule has 0 aliphatic heterocycles. The molecule has 0 bridgehead atoms. The van der Waals surface area contributed by atoms with E-state index in [1.807, 2.05) is 20.8 Å². The van der Waals surface area contributed by atoms with Gasteiger partial charge in [0.05, 0.1) is 0 Å². The molecule has 0 radical (unpaired) electrons. The minimum atomic E-state index is -0.191. The second-order valence-electron chi connectivity index (χ2n) is 3.44. The molecule has 4 heteroatoms. The van der Waals surface area contributed by atoms with Gasteiger partial charge in [-0.25, -0.2) is 0 Å². The Hall–Kier alpha value is 0.930. The van der Waals surface area contributed by atoms with Gasteiger partial charge in [-0.15, -0.1) is 0 Å².